The molecule has 3 rings (SSSR count). The van der Waals surface area contributed by atoms with Crippen LogP contribution in [0.25, 0.3) is 0 Å². The van der Waals surface area contributed by atoms with Gasteiger partial charge in [0.15, 0.2) is 0 Å². The molecule has 0 spiro atoms. The number of thiophene rings is 2. The van der Waals surface area contributed by atoms with E-state index in [2.05, 4.69) is 15.1 Å². The zero-order valence-electron chi connectivity index (χ0n) is 16.5. The number of nitrogens with two attached hydrogens (primary N) is 1. The number of pyridine rings is 1. The first-order valence-corrected chi connectivity index (χ1v) is 13.2. The highest BCUT2D eigenvalue weighted by Crippen LogP contribution is 2.35. The summed E-state index contributed by atoms with van der Waals surface area (Å²) in [5.74, 6) is 4.94. The van der Waals surface area contributed by atoms with E-state index < -0.39 is 16.0 Å². The number of nitrogens with one attached hydrogen (secondary N) is 2. The Balaban J connectivity index is 1.82. The number of rotatable bonds is 11. The number of carboxylic acid groups (broad SMARTS) is 1. The highest BCUT2D eigenvalue weighted by Gasteiger charge is 2.23. The van der Waals surface area contributed by atoms with Gasteiger partial charge in [0.1, 0.15) is 9.23 Å². The number of aryl methyl sites for hydroxylation is 1. The number of hydrogen-bond donors (Lipinski definition) is 4. The fourth-order valence-corrected chi connectivity index (χ4v) is 7.55. The van der Waals surface area contributed by atoms with E-state index in [1.54, 1.807) is 18.5 Å². The average Bonchev–Trinajstić information content (AvgIpc) is 3.30. The molecule has 0 fully saturated rings. The summed E-state index contributed by atoms with van der Waals surface area (Å²) < 4.78 is 28.1. The zero-order chi connectivity index (χ0) is 23.3. The number of aliphatic carboxylic acids is 1. The van der Waals surface area contributed by atoms with E-state index in [9.17, 15) is 13.2 Å². The Morgan fingerprint density at radius 1 is 1.25 bits per heavy atom. The van der Waals surface area contributed by atoms with E-state index in [1.807, 2.05) is 12.1 Å². The van der Waals surface area contributed by atoms with Gasteiger partial charge in [-0.05, 0) is 42.2 Å². The quantitative estimate of drug-likeness (QED) is 0.218. The summed E-state index contributed by atoms with van der Waals surface area (Å²) in [4.78, 5) is 16.8. The van der Waals surface area contributed by atoms with E-state index >= 15 is 0 Å². The molecule has 0 bridgehead atoms. The van der Waals surface area contributed by atoms with Crippen LogP contribution in [0.3, 0.4) is 0 Å². The van der Waals surface area contributed by atoms with Gasteiger partial charge >= 0.3 is 5.97 Å². The molecule has 0 aliphatic carbocycles. The molecule has 8 nitrogen and oxygen atoms in total. The molecule has 3 aromatic heterocycles. The molecule has 0 aromatic carbocycles. The van der Waals surface area contributed by atoms with Crippen LogP contribution < -0.4 is 16.0 Å². The lowest BCUT2D eigenvalue weighted by molar-refractivity contribution is -0.136. The molecule has 3 aromatic rings. The van der Waals surface area contributed by atoms with Crippen LogP contribution in [0.5, 0.6) is 0 Å². The van der Waals surface area contributed by atoms with Crippen LogP contribution in [0, 0.1) is 0 Å². The maximum atomic E-state index is 12.6. The molecule has 1 unspecified atom stereocenters. The van der Waals surface area contributed by atoms with Crippen molar-refractivity contribution in [3.05, 3.63) is 66.2 Å². The highest BCUT2D eigenvalue weighted by molar-refractivity contribution is 7.89. The molecular weight excluding hydrogens is 515 g/mol. The van der Waals surface area contributed by atoms with Gasteiger partial charge in [0, 0.05) is 28.7 Å². The van der Waals surface area contributed by atoms with Crippen LogP contribution in [-0.4, -0.2) is 31.0 Å². The van der Waals surface area contributed by atoms with Crippen molar-refractivity contribution < 1.29 is 18.3 Å². The minimum atomic E-state index is -3.83. The van der Waals surface area contributed by atoms with Crippen molar-refractivity contribution in [2.24, 2.45) is 5.84 Å². The van der Waals surface area contributed by atoms with Crippen LogP contribution in [0.4, 0.5) is 0 Å². The summed E-state index contributed by atoms with van der Waals surface area (Å²) in [6.07, 6.45) is 4.08. The third-order valence-corrected chi connectivity index (χ3v) is 9.04. The van der Waals surface area contributed by atoms with Gasteiger partial charge < -0.3 is 5.11 Å². The van der Waals surface area contributed by atoms with Crippen molar-refractivity contribution in [1.29, 1.82) is 0 Å². The third kappa shape index (κ3) is 6.27. The monoisotopic (exact) mass is 534 g/mol. The van der Waals surface area contributed by atoms with Gasteiger partial charge in [-0.3, -0.25) is 15.6 Å². The number of halogens is 2. The number of hydrazine groups is 1. The predicted molar refractivity (Wildman–Crippen MR) is 127 cm³/mol. The Kier molecular flexibility index (Phi) is 8.64. The molecule has 5 N–H and O–H groups in total. The van der Waals surface area contributed by atoms with Crippen LogP contribution in [-0.2, 0) is 27.7 Å². The summed E-state index contributed by atoms with van der Waals surface area (Å²) >= 11 is 14.3. The van der Waals surface area contributed by atoms with E-state index in [0.29, 0.717) is 12.8 Å². The topological polar surface area (TPSA) is 134 Å². The molecule has 0 saturated heterocycles. The normalized spacial score (nSPS) is 12.7. The molecule has 0 amide bonds. The molecule has 1 atom stereocenters. The molecular formula is C19H20Cl2N4O4S3. The molecule has 0 saturated carbocycles. The third-order valence-electron chi connectivity index (χ3n) is 4.53. The minimum Gasteiger partial charge on any atom is -0.481 e. The second kappa shape index (κ2) is 11.0. The minimum absolute atomic E-state index is 0.00293. The first kappa shape index (κ1) is 25.1. The van der Waals surface area contributed by atoms with E-state index in [1.165, 1.54) is 17.4 Å². The van der Waals surface area contributed by atoms with Gasteiger partial charge in [0.25, 0.3) is 0 Å². The molecule has 0 aliphatic rings. The van der Waals surface area contributed by atoms with Gasteiger partial charge in [-0.25, -0.2) is 18.6 Å². The Labute approximate surface area is 203 Å². The SMILES string of the molecule is NNC(c1cccnc1)c1sc(CCC(=O)O)cc1CCNS(=O)(=O)c1cc(Cl)sc1Cl. The van der Waals surface area contributed by atoms with E-state index in [4.69, 9.17) is 34.2 Å². The molecule has 172 valence electrons. The van der Waals surface area contributed by atoms with Crippen molar-refractivity contribution in [1.82, 2.24) is 15.1 Å². The summed E-state index contributed by atoms with van der Waals surface area (Å²) in [7, 11) is -3.83. The number of carboxylic acids is 1. The second-order valence-electron chi connectivity index (χ2n) is 6.72. The Morgan fingerprint density at radius 3 is 2.62 bits per heavy atom. The van der Waals surface area contributed by atoms with Gasteiger partial charge in [-0.1, -0.05) is 29.3 Å². The number of hydrogen-bond acceptors (Lipinski definition) is 8. The average molecular weight is 536 g/mol. The molecule has 3 heterocycles. The van der Waals surface area contributed by atoms with Crippen molar-refractivity contribution in [2.75, 3.05) is 6.54 Å². The number of carbonyl (C=O) groups is 1. The lowest BCUT2D eigenvalue weighted by Crippen LogP contribution is -2.30. The number of sulfonamides is 1. The molecule has 0 aliphatic heterocycles. The van der Waals surface area contributed by atoms with Crippen LogP contribution in [0.2, 0.25) is 8.67 Å². The van der Waals surface area contributed by atoms with Crippen LogP contribution in [0.1, 0.15) is 33.3 Å². The first-order valence-electron chi connectivity index (χ1n) is 9.35. The van der Waals surface area contributed by atoms with Crippen molar-refractivity contribution in [3.8, 4) is 0 Å². The fraction of sp³-hybridized carbons (Fsp3) is 0.263. The lowest BCUT2D eigenvalue weighted by atomic mass is 10.0. The number of aromatic nitrogens is 1. The van der Waals surface area contributed by atoms with Crippen LogP contribution in [0.15, 0.2) is 41.6 Å². The summed E-state index contributed by atoms with van der Waals surface area (Å²) in [5, 5.41) is 9.02. The largest absolute Gasteiger partial charge is 0.481 e. The Morgan fingerprint density at radius 2 is 2.03 bits per heavy atom. The molecule has 32 heavy (non-hydrogen) atoms. The Hall–Kier alpha value is -1.57. The van der Waals surface area contributed by atoms with Gasteiger partial charge in [-0.2, -0.15) is 0 Å². The number of nitrogens with zero attached hydrogens (tertiary/aromatic N) is 1. The smallest absolute Gasteiger partial charge is 0.303 e. The summed E-state index contributed by atoms with van der Waals surface area (Å²) in [6, 6.07) is 6.51. The first-order chi connectivity index (χ1) is 15.2. The maximum absolute atomic E-state index is 12.6. The summed E-state index contributed by atoms with van der Waals surface area (Å²) in [6.45, 7) is 0.110. The van der Waals surface area contributed by atoms with E-state index in [-0.39, 0.29) is 32.6 Å². The van der Waals surface area contributed by atoms with Crippen LogP contribution >= 0.6 is 45.9 Å². The van der Waals surface area contributed by atoms with Gasteiger partial charge in [-0.15, -0.1) is 22.7 Å². The predicted octanol–water partition coefficient (Wildman–Crippen LogP) is 3.60. The summed E-state index contributed by atoms with van der Waals surface area (Å²) in [5.41, 5.74) is 4.48. The van der Waals surface area contributed by atoms with Crippen molar-refractivity contribution >= 4 is 61.9 Å². The standard InChI is InChI=1S/C19H20Cl2N4O4S3/c20-15-9-14(19(21)31-15)32(28,29)24-7-5-11-8-13(3-4-16(26)27)30-18(11)17(25-22)12-2-1-6-23-10-12/h1-2,6,8-10,17,24-25H,3-5,7,22H2,(H,26,27). The lowest BCUT2D eigenvalue weighted by Gasteiger charge is -2.17. The fourth-order valence-electron chi connectivity index (χ4n) is 3.07. The van der Waals surface area contributed by atoms with Crippen molar-refractivity contribution in [3.63, 3.8) is 0 Å². The zero-order valence-corrected chi connectivity index (χ0v) is 20.5. The maximum Gasteiger partial charge on any atom is 0.303 e. The van der Waals surface area contributed by atoms with Gasteiger partial charge in [0.2, 0.25) is 10.0 Å². The van der Waals surface area contributed by atoms with E-state index in [0.717, 1.165) is 32.2 Å². The highest BCUT2D eigenvalue weighted by atomic mass is 35.5. The van der Waals surface area contributed by atoms with Gasteiger partial charge in [0.05, 0.1) is 16.8 Å². The molecule has 0 radical (unpaired) electrons. The molecule has 13 heteroatoms. The Bertz CT molecular complexity index is 1180. The van der Waals surface area contributed by atoms with Crippen molar-refractivity contribution in [2.45, 2.75) is 30.2 Å². The second-order valence-corrected chi connectivity index (χ2v) is 11.9.